The predicted octanol–water partition coefficient (Wildman–Crippen LogP) is 7.47. The van der Waals surface area contributed by atoms with Crippen LogP contribution in [0.25, 0.3) is 0 Å². The van der Waals surface area contributed by atoms with Crippen LogP contribution in [0.2, 0.25) is 35.8 Å². The standard InChI is InChI=1S/C27H46OSi2/c1-14-30(15-2,26-21(6)19(4)20(5)22(26)7)24-17-18(3)16-23(25(24)28-11)29(12,13)27(8,9)10/h16-17,26H,14-15H2,1-13H3. The van der Waals surface area contributed by atoms with Crippen LogP contribution in [0, 0.1) is 6.92 Å². The molecule has 0 N–H and O–H groups in total. The predicted molar refractivity (Wildman–Crippen MR) is 141 cm³/mol. The van der Waals surface area contributed by atoms with Crippen molar-refractivity contribution >= 4 is 26.5 Å². The summed E-state index contributed by atoms with van der Waals surface area (Å²) in [6.45, 7) is 28.9. The quantitative estimate of drug-likeness (QED) is 0.415. The summed E-state index contributed by atoms with van der Waals surface area (Å²) >= 11 is 0. The molecule has 1 nitrogen and oxygen atoms in total. The van der Waals surface area contributed by atoms with Crippen molar-refractivity contribution < 1.29 is 4.74 Å². The smallest absolute Gasteiger partial charge is 0.117 e. The minimum Gasteiger partial charge on any atom is -0.497 e. The van der Waals surface area contributed by atoms with E-state index < -0.39 is 16.1 Å². The van der Waals surface area contributed by atoms with Crippen molar-refractivity contribution in [3.63, 3.8) is 0 Å². The van der Waals surface area contributed by atoms with Gasteiger partial charge in [-0.1, -0.05) is 88.6 Å². The molecule has 30 heavy (non-hydrogen) atoms. The lowest BCUT2D eigenvalue weighted by Gasteiger charge is -2.43. The highest BCUT2D eigenvalue weighted by molar-refractivity contribution is 6.97. The Labute approximate surface area is 189 Å². The minimum atomic E-state index is -1.88. The second-order valence-corrected chi connectivity index (χ2v) is 21.3. The molecule has 0 spiro atoms. The van der Waals surface area contributed by atoms with Gasteiger partial charge in [-0.25, -0.2) is 0 Å². The van der Waals surface area contributed by atoms with Crippen molar-refractivity contribution in [2.24, 2.45) is 0 Å². The molecule has 0 heterocycles. The maximum atomic E-state index is 6.34. The van der Waals surface area contributed by atoms with Crippen LogP contribution < -0.4 is 15.1 Å². The molecule has 0 saturated heterocycles. The summed E-state index contributed by atoms with van der Waals surface area (Å²) in [4.78, 5) is 0. The van der Waals surface area contributed by atoms with Gasteiger partial charge in [-0.2, -0.15) is 0 Å². The fourth-order valence-electron chi connectivity index (χ4n) is 5.60. The third-order valence-corrected chi connectivity index (χ3v) is 20.4. The van der Waals surface area contributed by atoms with Crippen LogP contribution in [0.5, 0.6) is 5.75 Å². The average molecular weight is 443 g/mol. The number of benzene rings is 1. The van der Waals surface area contributed by atoms with Crippen molar-refractivity contribution in [3.05, 3.63) is 40.0 Å². The summed E-state index contributed by atoms with van der Waals surface area (Å²) in [5, 5.41) is 3.36. The lowest BCUT2D eigenvalue weighted by molar-refractivity contribution is 0.420. The van der Waals surface area contributed by atoms with Gasteiger partial charge >= 0.3 is 0 Å². The molecule has 0 fully saturated rings. The highest BCUT2D eigenvalue weighted by Gasteiger charge is 2.48. The molecule has 0 radical (unpaired) electrons. The van der Waals surface area contributed by atoms with Crippen LogP contribution in [-0.4, -0.2) is 23.3 Å². The average Bonchev–Trinajstić information content (AvgIpc) is 2.86. The maximum absolute atomic E-state index is 6.34. The minimum absolute atomic E-state index is 0.278. The molecule has 1 aliphatic carbocycles. The van der Waals surface area contributed by atoms with E-state index in [4.69, 9.17) is 4.74 Å². The molecule has 168 valence electrons. The van der Waals surface area contributed by atoms with E-state index in [1.54, 1.807) is 16.3 Å². The van der Waals surface area contributed by atoms with Gasteiger partial charge in [0.25, 0.3) is 0 Å². The van der Waals surface area contributed by atoms with E-state index in [-0.39, 0.29) is 5.04 Å². The van der Waals surface area contributed by atoms with Gasteiger partial charge in [0.2, 0.25) is 0 Å². The van der Waals surface area contributed by atoms with E-state index in [2.05, 4.69) is 94.5 Å². The second-order valence-electron chi connectivity index (χ2n) is 11.2. The Kier molecular flexibility index (Phi) is 7.11. The van der Waals surface area contributed by atoms with Crippen LogP contribution in [0.15, 0.2) is 34.4 Å². The Morgan fingerprint density at radius 2 is 1.27 bits per heavy atom. The first-order valence-corrected chi connectivity index (χ1v) is 17.2. The normalized spacial score (nSPS) is 16.7. The Morgan fingerprint density at radius 3 is 1.63 bits per heavy atom. The topological polar surface area (TPSA) is 9.23 Å². The van der Waals surface area contributed by atoms with Gasteiger partial charge in [-0.15, -0.1) is 0 Å². The fraction of sp³-hybridized carbons (Fsp3) is 0.630. The SMILES string of the molecule is CC[Si](CC)(c1cc(C)cc([Si](C)(C)C(C)(C)C)c1OC)C1C(C)=C(C)C(C)=C1C. The Morgan fingerprint density at radius 1 is 0.833 bits per heavy atom. The zero-order valence-electron chi connectivity index (χ0n) is 22.1. The van der Waals surface area contributed by atoms with Gasteiger partial charge in [0.05, 0.1) is 15.2 Å². The van der Waals surface area contributed by atoms with Crippen LogP contribution in [0.3, 0.4) is 0 Å². The number of hydrogen-bond acceptors (Lipinski definition) is 1. The first-order valence-electron chi connectivity index (χ1n) is 11.8. The number of allylic oxidation sites excluding steroid dienone is 4. The van der Waals surface area contributed by atoms with Crippen molar-refractivity contribution in [3.8, 4) is 5.75 Å². The summed E-state index contributed by atoms with van der Waals surface area (Å²) in [6.07, 6.45) is 0. The Hall–Kier alpha value is -1.07. The number of methoxy groups -OCH3 is 1. The van der Waals surface area contributed by atoms with E-state index in [0.717, 1.165) is 0 Å². The van der Waals surface area contributed by atoms with Crippen molar-refractivity contribution in [2.45, 2.75) is 105 Å². The third kappa shape index (κ3) is 3.70. The zero-order chi connectivity index (χ0) is 23.2. The molecule has 0 aliphatic heterocycles. The molecule has 0 aromatic heterocycles. The van der Waals surface area contributed by atoms with Crippen LogP contribution in [0.4, 0.5) is 0 Å². The van der Waals surface area contributed by atoms with E-state index in [9.17, 15) is 0 Å². The fourth-order valence-corrected chi connectivity index (χ4v) is 13.6. The number of rotatable bonds is 6. The summed E-state index contributed by atoms with van der Waals surface area (Å²) in [7, 11) is -1.71. The van der Waals surface area contributed by atoms with Crippen LogP contribution >= 0.6 is 0 Å². The molecule has 1 aromatic rings. The van der Waals surface area contributed by atoms with E-state index >= 15 is 0 Å². The molecule has 0 amide bonds. The van der Waals surface area contributed by atoms with E-state index in [1.807, 2.05) is 7.11 Å². The number of hydrogen-bond donors (Lipinski definition) is 0. The van der Waals surface area contributed by atoms with Gasteiger partial charge in [0.15, 0.2) is 0 Å². The summed E-state index contributed by atoms with van der Waals surface area (Å²) in [5.41, 5.74) is 8.25. The largest absolute Gasteiger partial charge is 0.497 e. The zero-order valence-corrected chi connectivity index (χ0v) is 24.1. The van der Waals surface area contributed by atoms with Crippen molar-refractivity contribution in [1.29, 1.82) is 0 Å². The molecule has 0 atom stereocenters. The van der Waals surface area contributed by atoms with Crippen molar-refractivity contribution in [1.82, 2.24) is 0 Å². The van der Waals surface area contributed by atoms with Crippen LogP contribution in [-0.2, 0) is 0 Å². The molecule has 3 heteroatoms. The molecule has 2 rings (SSSR count). The van der Waals surface area contributed by atoms with Crippen LogP contribution in [0.1, 0.15) is 67.9 Å². The molecular formula is C27H46OSi2. The summed E-state index contributed by atoms with van der Waals surface area (Å²) < 4.78 is 6.34. The monoisotopic (exact) mass is 442 g/mol. The molecule has 0 saturated carbocycles. The first-order chi connectivity index (χ1) is 13.7. The van der Waals surface area contributed by atoms with Gasteiger partial charge in [0.1, 0.15) is 13.8 Å². The molecule has 1 aliphatic rings. The maximum Gasteiger partial charge on any atom is 0.117 e. The highest BCUT2D eigenvalue weighted by Crippen LogP contribution is 2.50. The van der Waals surface area contributed by atoms with Gasteiger partial charge in [-0.3, -0.25) is 0 Å². The molecular weight excluding hydrogens is 396 g/mol. The molecule has 1 aromatic carbocycles. The first kappa shape index (κ1) is 25.2. The summed E-state index contributed by atoms with van der Waals surface area (Å²) in [5.74, 6) is 1.23. The van der Waals surface area contributed by atoms with Gasteiger partial charge < -0.3 is 4.74 Å². The Bertz CT molecular complexity index is 853. The van der Waals surface area contributed by atoms with E-state index in [0.29, 0.717) is 5.54 Å². The molecule has 0 bridgehead atoms. The number of aryl methyl sites for hydroxylation is 1. The lowest BCUT2D eigenvalue weighted by Crippen LogP contribution is -2.56. The highest BCUT2D eigenvalue weighted by atomic mass is 28.3. The third-order valence-electron chi connectivity index (χ3n) is 8.95. The van der Waals surface area contributed by atoms with Gasteiger partial charge in [-0.05, 0) is 61.2 Å². The number of ether oxygens (including phenoxy) is 1. The van der Waals surface area contributed by atoms with E-state index in [1.165, 1.54) is 39.7 Å². The van der Waals surface area contributed by atoms with Crippen molar-refractivity contribution in [2.75, 3.05) is 7.11 Å². The summed E-state index contributed by atoms with van der Waals surface area (Å²) in [6, 6.07) is 7.44. The molecule has 0 unspecified atom stereocenters. The lowest BCUT2D eigenvalue weighted by atomic mass is 10.1. The van der Waals surface area contributed by atoms with Gasteiger partial charge in [0, 0.05) is 5.54 Å². The Balaban J connectivity index is 2.93. The second kappa shape index (κ2) is 8.46.